The van der Waals surface area contributed by atoms with Crippen LogP contribution in [-0.2, 0) is 9.30 Å². The second-order valence-electron chi connectivity index (χ2n) is 7.54. The first-order valence-electron chi connectivity index (χ1n) is 8.32. The molecule has 3 N–H and O–H groups in total. The van der Waals surface area contributed by atoms with Gasteiger partial charge in [-0.05, 0) is 25.7 Å². The van der Waals surface area contributed by atoms with Crippen molar-refractivity contribution in [2.75, 3.05) is 13.7 Å². The normalized spacial score (nSPS) is 23.5. The zero-order chi connectivity index (χ0) is 18.9. The smallest absolute Gasteiger partial charge is 0.350 e. The van der Waals surface area contributed by atoms with Crippen LogP contribution in [0, 0.1) is 11.8 Å². The largest absolute Gasteiger partial charge is 0.380 e. The van der Waals surface area contributed by atoms with Gasteiger partial charge in [-0.1, -0.05) is 33.9 Å². The first-order valence-corrected chi connectivity index (χ1v) is 9.94. The molecule has 0 aromatic heterocycles. The van der Waals surface area contributed by atoms with E-state index in [1.807, 2.05) is 0 Å². The quantitative estimate of drug-likeness (QED) is 0.578. The highest BCUT2D eigenvalue weighted by Gasteiger charge is 2.42. The predicted molar refractivity (Wildman–Crippen MR) is 97.4 cm³/mol. The maximum Gasteiger partial charge on any atom is 0.350 e. The number of hydrogen-bond acceptors (Lipinski definition) is 4. The van der Waals surface area contributed by atoms with Crippen molar-refractivity contribution in [3.8, 4) is 0 Å². The Bertz CT molecular complexity index is 527. The van der Waals surface area contributed by atoms with E-state index in [0.29, 0.717) is 30.5 Å². The van der Waals surface area contributed by atoms with E-state index in [-0.39, 0.29) is 12.1 Å². The molecule has 0 aromatic rings. The molecule has 0 aromatic carbocycles. The number of hydrogen-bond donors (Lipinski definition) is 3. The summed E-state index contributed by atoms with van der Waals surface area (Å²) in [7, 11) is -2.63. The van der Waals surface area contributed by atoms with Crippen molar-refractivity contribution in [3.05, 3.63) is 24.6 Å². The summed E-state index contributed by atoms with van der Waals surface area (Å²) in [5.74, 6) is 0.748. The van der Waals surface area contributed by atoms with Crippen molar-refractivity contribution < 1.29 is 19.1 Å². The van der Waals surface area contributed by atoms with Crippen molar-refractivity contribution in [1.82, 2.24) is 10.2 Å². The Labute approximate surface area is 146 Å². The number of likely N-dealkylation sites (tertiary alicyclic amines) is 1. The summed E-state index contributed by atoms with van der Waals surface area (Å²) in [6.07, 6.45) is 0.756. The van der Waals surface area contributed by atoms with E-state index in [1.54, 1.807) is 7.11 Å². The van der Waals surface area contributed by atoms with Gasteiger partial charge in [-0.3, -0.25) is 4.57 Å². The fourth-order valence-electron chi connectivity index (χ4n) is 2.81. The lowest BCUT2D eigenvalue weighted by atomic mass is 9.94. The molecule has 1 aliphatic rings. The van der Waals surface area contributed by atoms with Crippen LogP contribution < -0.4 is 5.32 Å². The molecule has 1 aliphatic heterocycles. The molecule has 1 rings (SSSR count). The number of nitrogens with one attached hydrogen (secondary N) is 1. The molecule has 6 nitrogen and oxygen atoms in total. The van der Waals surface area contributed by atoms with Crippen LogP contribution in [0.5, 0.6) is 0 Å². The molecule has 0 bridgehead atoms. The Kier molecular flexibility index (Phi) is 6.73. The van der Waals surface area contributed by atoms with E-state index >= 15 is 0 Å². The van der Waals surface area contributed by atoms with Crippen molar-refractivity contribution in [2.45, 2.75) is 58.5 Å². The van der Waals surface area contributed by atoms with Gasteiger partial charge in [-0.15, -0.1) is 0 Å². The Morgan fingerprint density at radius 1 is 1.33 bits per heavy atom. The minimum absolute atomic E-state index is 0.0443. The highest BCUT2D eigenvalue weighted by Crippen LogP contribution is 2.49. The average Bonchev–Trinajstić information content (AvgIpc) is 2.88. The van der Waals surface area contributed by atoms with Gasteiger partial charge in [0.05, 0.1) is 12.1 Å². The van der Waals surface area contributed by atoms with Crippen LogP contribution >= 0.6 is 7.60 Å². The summed E-state index contributed by atoms with van der Waals surface area (Å²) >= 11 is 0. The van der Waals surface area contributed by atoms with E-state index < -0.39 is 12.9 Å². The van der Waals surface area contributed by atoms with E-state index in [1.165, 1.54) is 13.8 Å². The molecule has 24 heavy (non-hydrogen) atoms. The van der Waals surface area contributed by atoms with Gasteiger partial charge < -0.3 is 24.7 Å². The fourth-order valence-corrected chi connectivity index (χ4v) is 3.10. The van der Waals surface area contributed by atoms with E-state index in [9.17, 15) is 14.4 Å². The average molecular weight is 360 g/mol. The third kappa shape index (κ3) is 4.63. The van der Waals surface area contributed by atoms with E-state index in [0.717, 1.165) is 5.70 Å². The Morgan fingerprint density at radius 3 is 2.29 bits per heavy atom. The van der Waals surface area contributed by atoms with Crippen LogP contribution in [0.4, 0.5) is 0 Å². The predicted octanol–water partition coefficient (Wildman–Crippen LogP) is 2.90. The molecule has 1 heterocycles. The van der Waals surface area contributed by atoms with Crippen molar-refractivity contribution >= 4 is 7.60 Å². The molecule has 0 aliphatic carbocycles. The van der Waals surface area contributed by atoms with Gasteiger partial charge >= 0.3 is 7.60 Å². The molecule has 0 radical (unpaired) electrons. The molecule has 0 saturated carbocycles. The van der Waals surface area contributed by atoms with Crippen LogP contribution in [0.25, 0.3) is 0 Å². The van der Waals surface area contributed by atoms with Gasteiger partial charge in [0.2, 0.25) is 0 Å². The molecule has 140 valence electrons. The summed E-state index contributed by atoms with van der Waals surface area (Å²) in [5.41, 5.74) is 1.59. The summed E-state index contributed by atoms with van der Waals surface area (Å²) in [4.78, 5) is 21.2. The van der Waals surface area contributed by atoms with E-state index in [2.05, 4.69) is 44.1 Å². The fraction of sp³-hybridized carbons (Fsp3) is 0.765. The maximum absolute atomic E-state index is 11.7. The van der Waals surface area contributed by atoms with Crippen LogP contribution in [0.3, 0.4) is 0 Å². The number of methoxy groups -OCH3 is 1. The van der Waals surface area contributed by atoms with Gasteiger partial charge in [0.15, 0.2) is 0 Å². The lowest BCUT2D eigenvalue weighted by Crippen LogP contribution is -2.44. The Hall–Kier alpha value is -0.810. The zero-order valence-corrected chi connectivity index (χ0v) is 16.6. The second-order valence-corrected chi connectivity index (χ2v) is 9.74. The summed E-state index contributed by atoms with van der Waals surface area (Å²) in [6.45, 7) is 18.4. The van der Waals surface area contributed by atoms with Gasteiger partial charge in [0.1, 0.15) is 5.28 Å². The third-order valence-electron chi connectivity index (χ3n) is 5.09. The number of rotatable bonds is 8. The number of nitrogens with zero attached hydrogens (tertiary/aromatic N) is 1. The van der Waals surface area contributed by atoms with Gasteiger partial charge in [0, 0.05) is 31.5 Å². The molecule has 3 unspecified atom stereocenters. The molecular formula is C17H33N2O4P. The lowest BCUT2D eigenvalue weighted by molar-refractivity contribution is 0.110. The molecular weight excluding hydrogens is 327 g/mol. The van der Waals surface area contributed by atoms with Gasteiger partial charge in [-0.25, -0.2) is 0 Å². The molecule has 3 atom stereocenters. The highest BCUT2D eigenvalue weighted by atomic mass is 31.2. The molecule has 1 fully saturated rings. The maximum atomic E-state index is 11.7. The first-order chi connectivity index (χ1) is 10.8. The zero-order valence-electron chi connectivity index (χ0n) is 15.7. The molecule has 1 saturated heterocycles. The second kappa shape index (κ2) is 7.61. The van der Waals surface area contributed by atoms with Crippen molar-refractivity contribution in [2.24, 2.45) is 11.8 Å². The van der Waals surface area contributed by atoms with E-state index in [4.69, 9.17) is 4.74 Å². The van der Waals surface area contributed by atoms with Crippen LogP contribution in [0.1, 0.15) is 41.0 Å². The summed E-state index contributed by atoms with van der Waals surface area (Å²) in [5, 5.41) is 1.57. The third-order valence-corrected chi connectivity index (χ3v) is 6.66. The van der Waals surface area contributed by atoms with Gasteiger partial charge in [-0.2, -0.15) is 0 Å². The summed E-state index contributed by atoms with van der Waals surface area (Å²) in [6, 6.07) is -0.102. The number of allylic oxidation sites excluding steroid dienone is 1. The van der Waals surface area contributed by atoms with Gasteiger partial charge in [0.25, 0.3) is 0 Å². The minimum Gasteiger partial charge on any atom is -0.380 e. The minimum atomic E-state index is -4.31. The topological polar surface area (TPSA) is 82.0 Å². The standard InChI is InChI=1S/C17H33N2O4P/c1-11(2)12(3)14(5)19-10-15(23-8)9-16(19)13(4)18-17(6,7)24(20,21)22/h11-12,15-16,18H,4-5,9-10H2,1-3,6-8H3,(H2,20,21,22). The Balaban J connectivity index is 2.99. The lowest BCUT2D eigenvalue weighted by Gasteiger charge is -2.37. The molecule has 0 amide bonds. The van der Waals surface area contributed by atoms with Crippen molar-refractivity contribution in [3.63, 3.8) is 0 Å². The highest BCUT2D eigenvalue weighted by molar-refractivity contribution is 7.53. The SMILES string of the molecule is C=C(NC(C)(C)P(=O)(O)O)C1CC(OC)CN1C(=C)C(C)C(C)C. The van der Waals surface area contributed by atoms with Crippen molar-refractivity contribution in [1.29, 1.82) is 0 Å². The number of ether oxygens (including phenoxy) is 1. The van der Waals surface area contributed by atoms with Crippen LogP contribution in [-0.4, -0.2) is 45.8 Å². The Morgan fingerprint density at radius 2 is 1.88 bits per heavy atom. The van der Waals surface area contributed by atoms with Crippen LogP contribution in [0.2, 0.25) is 0 Å². The monoisotopic (exact) mass is 360 g/mol. The molecule has 7 heteroatoms. The first kappa shape index (κ1) is 21.2. The molecule has 0 spiro atoms. The van der Waals surface area contributed by atoms with Crippen LogP contribution in [0.15, 0.2) is 24.6 Å². The summed E-state index contributed by atoms with van der Waals surface area (Å²) < 4.78 is 17.2.